The van der Waals surface area contributed by atoms with Gasteiger partial charge in [0.25, 0.3) is 0 Å². The van der Waals surface area contributed by atoms with Crippen molar-refractivity contribution in [2.45, 2.75) is 24.8 Å². The Morgan fingerprint density at radius 1 is 1.33 bits per heavy atom. The van der Waals surface area contributed by atoms with Gasteiger partial charge in [0.2, 0.25) is 0 Å². The van der Waals surface area contributed by atoms with Crippen LogP contribution in [0.15, 0.2) is 28.7 Å². The number of benzene rings is 1. The Bertz CT molecular complexity index is 330. The Kier molecular flexibility index (Phi) is 3.03. The van der Waals surface area contributed by atoms with Gasteiger partial charge in [-0.15, -0.1) is 0 Å². The number of nitrogens with zero attached hydrogens (tertiary/aromatic N) is 1. The molecule has 0 spiro atoms. The highest BCUT2D eigenvalue weighted by molar-refractivity contribution is 9.10. The van der Waals surface area contributed by atoms with Crippen LogP contribution in [0.5, 0.6) is 0 Å². The molecular weight excluding hydrogens is 252 g/mol. The standard InChI is InChI=1S/C12H17BrN2/c1-15(9-8-12(14)6-7-12)11-4-2-10(13)3-5-11/h2-5H,6-9,14H2,1H3. The summed E-state index contributed by atoms with van der Waals surface area (Å²) in [5.74, 6) is 0. The van der Waals surface area contributed by atoms with Crippen molar-refractivity contribution in [1.29, 1.82) is 0 Å². The first-order valence-corrected chi connectivity index (χ1v) is 6.14. The van der Waals surface area contributed by atoms with Crippen molar-refractivity contribution >= 4 is 21.6 Å². The minimum Gasteiger partial charge on any atom is -0.375 e. The molecule has 0 aromatic heterocycles. The molecule has 1 aliphatic carbocycles. The number of rotatable bonds is 4. The largest absolute Gasteiger partial charge is 0.375 e. The van der Waals surface area contributed by atoms with E-state index in [4.69, 9.17) is 5.73 Å². The molecule has 2 N–H and O–H groups in total. The highest BCUT2D eigenvalue weighted by atomic mass is 79.9. The monoisotopic (exact) mass is 268 g/mol. The van der Waals surface area contributed by atoms with E-state index < -0.39 is 0 Å². The lowest BCUT2D eigenvalue weighted by atomic mass is 10.2. The van der Waals surface area contributed by atoms with E-state index >= 15 is 0 Å². The van der Waals surface area contributed by atoms with Gasteiger partial charge in [-0.3, -0.25) is 0 Å². The Balaban J connectivity index is 1.89. The van der Waals surface area contributed by atoms with Crippen LogP contribution >= 0.6 is 15.9 Å². The van der Waals surface area contributed by atoms with Gasteiger partial charge in [-0.25, -0.2) is 0 Å². The molecule has 0 unspecified atom stereocenters. The Hall–Kier alpha value is -0.540. The van der Waals surface area contributed by atoms with Crippen molar-refractivity contribution in [3.8, 4) is 0 Å². The van der Waals surface area contributed by atoms with Gasteiger partial charge in [0.1, 0.15) is 0 Å². The third-order valence-corrected chi connectivity index (χ3v) is 3.63. The molecule has 0 radical (unpaired) electrons. The van der Waals surface area contributed by atoms with Crippen LogP contribution < -0.4 is 10.6 Å². The van der Waals surface area contributed by atoms with Gasteiger partial charge in [0.15, 0.2) is 0 Å². The number of hydrogen-bond donors (Lipinski definition) is 1. The Morgan fingerprint density at radius 3 is 2.47 bits per heavy atom. The quantitative estimate of drug-likeness (QED) is 0.910. The molecule has 1 aromatic rings. The van der Waals surface area contributed by atoms with Gasteiger partial charge >= 0.3 is 0 Å². The summed E-state index contributed by atoms with van der Waals surface area (Å²) in [4.78, 5) is 2.26. The maximum absolute atomic E-state index is 6.06. The fourth-order valence-electron chi connectivity index (χ4n) is 1.63. The molecule has 1 saturated carbocycles. The van der Waals surface area contributed by atoms with Crippen LogP contribution in [0.1, 0.15) is 19.3 Å². The average molecular weight is 269 g/mol. The molecule has 1 fully saturated rings. The molecule has 1 aromatic carbocycles. The molecule has 15 heavy (non-hydrogen) atoms. The fraction of sp³-hybridized carbons (Fsp3) is 0.500. The molecule has 0 saturated heterocycles. The second kappa shape index (κ2) is 4.14. The van der Waals surface area contributed by atoms with Crippen LogP contribution in [0.25, 0.3) is 0 Å². The molecule has 0 atom stereocenters. The van der Waals surface area contributed by atoms with E-state index in [1.807, 2.05) is 0 Å². The Labute approximate surface area is 99.6 Å². The predicted octanol–water partition coefficient (Wildman–Crippen LogP) is 2.77. The number of halogens is 1. The summed E-state index contributed by atoms with van der Waals surface area (Å²) in [5, 5.41) is 0. The lowest BCUT2D eigenvalue weighted by molar-refractivity contribution is 0.606. The minimum absolute atomic E-state index is 0.156. The van der Waals surface area contributed by atoms with Crippen LogP contribution in [0.2, 0.25) is 0 Å². The van der Waals surface area contributed by atoms with Gasteiger partial charge < -0.3 is 10.6 Å². The van der Waals surface area contributed by atoms with Gasteiger partial charge in [-0.2, -0.15) is 0 Å². The zero-order chi connectivity index (χ0) is 10.9. The molecule has 0 aliphatic heterocycles. The van der Waals surface area contributed by atoms with Crippen molar-refractivity contribution in [3.05, 3.63) is 28.7 Å². The second-order valence-corrected chi connectivity index (χ2v) is 5.43. The summed E-state index contributed by atoms with van der Waals surface area (Å²) in [5.41, 5.74) is 7.47. The van der Waals surface area contributed by atoms with Crippen LogP contribution in [-0.2, 0) is 0 Å². The maximum Gasteiger partial charge on any atom is 0.0364 e. The average Bonchev–Trinajstić information content (AvgIpc) is 2.95. The molecule has 0 heterocycles. The van der Waals surface area contributed by atoms with E-state index in [-0.39, 0.29) is 5.54 Å². The second-order valence-electron chi connectivity index (χ2n) is 4.51. The normalized spacial score (nSPS) is 17.5. The summed E-state index contributed by atoms with van der Waals surface area (Å²) >= 11 is 3.44. The van der Waals surface area contributed by atoms with E-state index in [0.29, 0.717) is 0 Å². The van der Waals surface area contributed by atoms with Crippen LogP contribution in [0.3, 0.4) is 0 Å². The summed E-state index contributed by atoms with van der Waals surface area (Å²) < 4.78 is 1.12. The maximum atomic E-state index is 6.06. The Morgan fingerprint density at radius 2 is 1.93 bits per heavy atom. The molecule has 2 nitrogen and oxygen atoms in total. The molecule has 82 valence electrons. The number of hydrogen-bond acceptors (Lipinski definition) is 2. The van der Waals surface area contributed by atoms with Crippen molar-refractivity contribution in [2.75, 3.05) is 18.5 Å². The molecule has 1 aliphatic rings. The summed E-state index contributed by atoms with van der Waals surface area (Å²) in [6.07, 6.45) is 3.49. The fourth-order valence-corrected chi connectivity index (χ4v) is 1.89. The minimum atomic E-state index is 0.156. The van der Waals surface area contributed by atoms with E-state index in [1.165, 1.54) is 18.5 Å². The third kappa shape index (κ3) is 2.95. The molecule has 0 bridgehead atoms. The van der Waals surface area contributed by atoms with Gasteiger partial charge in [0, 0.05) is 29.3 Å². The predicted molar refractivity (Wildman–Crippen MR) is 68.2 cm³/mol. The lowest BCUT2D eigenvalue weighted by Crippen LogP contribution is -2.29. The third-order valence-electron chi connectivity index (χ3n) is 3.10. The zero-order valence-electron chi connectivity index (χ0n) is 9.04. The van der Waals surface area contributed by atoms with Gasteiger partial charge in [-0.05, 0) is 43.5 Å². The van der Waals surface area contributed by atoms with Crippen molar-refractivity contribution < 1.29 is 0 Å². The first-order chi connectivity index (χ1) is 7.09. The van der Waals surface area contributed by atoms with E-state index in [0.717, 1.165) is 17.4 Å². The molecule has 0 amide bonds. The first kappa shape index (κ1) is 11.0. The highest BCUT2D eigenvalue weighted by Gasteiger charge is 2.37. The first-order valence-electron chi connectivity index (χ1n) is 5.35. The number of anilines is 1. The summed E-state index contributed by atoms with van der Waals surface area (Å²) in [6, 6.07) is 8.39. The van der Waals surface area contributed by atoms with Crippen LogP contribution in [0, 0.1) is 0 Å². The van der Waals surface area contributed by atoms with E-state index in [2.05, 4.69) is 52.1 Å². The zero-order valence-corrected chi connectivity index (χ0v) is 10.6. The number of nitrogens with two attached hydrogens (primary N) is 1. The topological polar surface area (TPSA) is 29.3 Å². The molecule has 2 rings (SSSR count). The summed E-state index contributed by atoms with van der Waals surface area (Å²) in [6.45, 7) is 1.04. The van der Waals surface area contributed by atoms with Crippen molar-refractivity contribution in [1.82, 2.24) is 0 Å². The van der Waals surface area contributed by atoms with Crippen molar-refractivity contribution in [3.63, 3.8) is 0 Å². The van der Waals surface area contributed by atoms with E-state index in [9.17, 15) is 0 Å². The van der Waals surface area contributed by atoms with Crippen LogP contribution in [0.4, 0.5) is 5.69 Å². The molecule has 3 heteroatoms. The lowest BCUT2D eigenvalue weighted by Gasteiger charge is -2.21. The SMILES string of the molecule is CN(CCC1(N)CC1)c1ccc(Br)cc1. The smallest absolute Gasteiger partial charge is 0.0364 e. The van der Waals surface area contributed by atoms with Crippen molar-refractivity contribution in [2.24, 2.45) is 5.73 Å². The van der Waals surface area contributed by atoms with Gasteiger partial charge in [-0.1, -0.05) is 15.9 Å². The molecular formula is C12H17BrN2. The van der Waals surface area contributed by atoms with E-state index in [1.54, 1.807) is 0 Å². The van der Waals surface area contributed by atoms with Gasteiger partial charge in [0.05, 0.1) is 0 Å². The highest BCUT2D eigenvalue weighted by Crippen LogP contribution is 2.35. The van der Waals surface area contributed by atoms with Crippen LogP contribution in [-0.4, -0.2) is 19.1 Å². The summed E-state index contributed by atoms with van der Waals surface area (Å²) in [7, 11) is 2.12.